The van der Waals surface area contributed by atoms with Gasteiger partial charge in [0, 0.05) is 5.08 Å². The summed E-state index contributed by atoms with van der Waals surface area (Å²) in [6.45, 7) is 0. The number of rotatable bonds is 6. The van der Waals surface area contributed by atoms with Crippen molar-refractivity contribution in [2.45, 2.75) is 0 Å². The van der Waals surface area contributed by atoms with Gasteiger partial charge in [-0.15, -0.1) is 23.5 Å². The van der Waals surface area contributed by atoms with Crippen LogP contribution in [0, 0.1) is 0 Å². The maximum atomic E-state index is 9.95. The minimum atomic E-state index is -0.870. The lowest BCUT2D eigenvalue weighted by molar-refractivity contribution is -0.134. The van der Waals surface area contributed by atoms with Crippen LogP contribution in [-0.2, 0) is 9.59 Å². The fourth-order valence-corrected chi connectivity index (χ4v) is 1.80. The number of carbonyl (C=O) groups is 2. The molecule has 0 atom stereocenters. The quantitative estimate of drug-likeness (QED) is 0.478. The Morgan fingerprint density at radius 3 is 1.64 bits per heavy atom. The van der Waals surface area contributed by atoms with E-state index in [1.807, 2.05) is 0 Å². The molecule has 0 aromatic carbocycles. The normalized spacial score (nSPS) is 9.45. The van der Waals surface area contributed by atoms with Crippen molar-refractivity contribution in [2.75, 3.05) is 16.6 Å². The van der Waals surface area contributed by atoms with Gasteiger partial charge in [0.05, 0.1) is 11.5 Å². The molecule has 6 heteroatoms. The average molecular weight is 196 g/mol. The van der Waals surface area contributed by atoms with Crippen molar-refractivity contribution >= 4 is 35.5 Å². The number of aliphatic carboxylic acids is 2. The molecule has 0 aliphatic carbocycles. The molecule has 64 valence electrons. The highest BCUT2D eigenvalue weighted by molar-refractivity contribution is 8.16. The summed E-state index contributed by atoms with van der Waals surface area (Å²) in [7, 11) is 0. The van der Waals surface area contributed by atoms with E-state index in [1.165, 1.54) is 23.5 Å². The molecular formula is C5H8O4S2. The first-order valence-electron chi connectivity index (χ1n) is 2.72. The summed E-state index contributed by atoms with van der Waals surface area (Å²) in [5.41, 5.74) is 0. The summed E-state index contributed by atoms with van der Waals surface area (Å²) in [6.07, 6.45) is 0. The molecule has 0 aliphatic rings. The fraction of sp³-hybridized carbons (Fsp3) is 0.600. The Morgan fingerprint density at radius 2 is 1.36 bits per heavy atom. The van der Waals surface area contributed by atoms with Crippen LogP contribution in [0.3, 0.4) is 0 Å². The molecule has 0 aliphatic heterocycles. The molecule has 2 N–H and O–H groups in total. The van der Waals surface area contributed by atoms with Gasteiger partial charge in [0.1, 0.15) is 0 Å². The second kappa shape index (κ2) is 6.36. The second-order valence-corrected chi connectivity index (χ2v) is 3.94. The number of carboxylic acid groups (broad SMARTS) is 2. The Balaban J connectivity index is 3.03. The van der Waals surface area contributed by atoms with Gasteiger partial charge in [-0.05, 0) is 0 Å². The van der Waals surface area contributed by atoms with E-state index in [0.717, 1.165) is 0 Å². The van der Waals surface area contributed by atoms with Crippen LogP contribution in [0.2, 0.25) is 0 Å². The third-order valence-corrected chi connectivity index (χ3v) is 2.85. The molecule has 0 aromatic rings. The molecule has 0 spiro atoms. The predicted octanol–water partition coefficient (Wildman–Crippen LogP) is 0.580. The highest BCUT2D eigenvalue weighted by Gasteiger charge is 1.99. The van der Waals surface area contributed by atoms with Crippen LogP contribution < -0.4 is 0 Å². The molecule has 4 nitrogen and oxygen atoms in total. The Kier molecular flexibility index (Phi) is 6.15. The van der Waals surface area contributed by atoms with Crippen molar-refractivity contribution in [1.82, 2.24) is 0 Å². The lowest BCUT2D eigenvalue weighted by atomic mass is 10.8. The van der Waals surface area contributed by atoms with Crippen LogP contribution in [0.25, 0.3) is 0 Å². The van der Waals surface area contributed by atoms with Gasteiger partial charge >= 0.3 is 11.9 Å². The van der Waals surface area contributed by atoms with Gasteiger partial charge in [-0.2, -0.15) is 0 Å². The SMILES string of the molecule is O=C(O)CSCSCC(=O)O. The Bertz CT molecular complexity index is 131. The molecule has 0 saturated carbocycles. The standard InChI is InChI=1S/C5H8O4S2/c6-4(7)1-10-3-11-2-5(8)9/h1-3H2,(H,6,7)(H,8,9). The van der Waals surface area contributed by atoms with E-state index >= 15 is 0 Å². The summed E-state index contributed by atoms with van der Waals surface area (Å²) >= 11 is 2.41. The lowest BCUT2D eigenvalue weighted by Crippen LogP contribution is -2.00. The summed E-state index contributed by atoms with van der Waals surface area (Å²) in [4.78, 5) is 19.9. The van der Waals surface area contributed by atoms with Crippen LogP contribution >= 0.6 is 23.5 Å². The van der Waals surface area contributed by atoms with Gasteiger partial charge in [0.25, 0.3) is 0 Å². The van der Waals surface area contributed by atoms with Crippen molar-refractivity contribution < 1.29 is 19.8 Å². The largest absolute Gasteiger partial charge is 0.481 e. The van der Waals surface area contributed by atoms with E-state index in [-0.39, 0.29) is 11.5 Å². The topological polar surface area (TPSA) is 74.6 Å². The summed E-state index contributed by atoms with van der Waals surface area (Å²) in [5, 5.41) is 16.9. The van der Waals surface area contributed by atoms with Gasteiger partial charge in [-0.25, -0.2) is 0 Å². The van der Waals surface area contributed by atoms with Gasteiger partial charge in [-0.1, -0.05) is 0 Å². The Labute approximate surface area is 72.4 Å². The van der Waals surface area contributed by atoms with E-state index in [0.29, 0.717) is 5.08 Å². The van der Waals surface area contributed by atoms with Crippen molar-refractivity contribution in [3.63, 3.8) is 0 Å². The minimum absolute atomic E-state index is 0.0343. The number of thioether (sulfide) groups is 2. The molecule has 0 heterocycles. The zero-order valence-electron chi connectivity index (χ0n) is 5.65. The molecule has 0 fully saturated rings. The fourth-order valence-electron chi connectivity index (χ4n) is 0.317. The Hall–Kier alpha value is -0.360. The van der Waals surface area contributed by atoms with Crippen molar-refractivity contribution in [3.05, 3.63) is 0 Å². The first-order valence-corrected chi connectivity index (χ1v) is 5.03. The molecule has 0 amide bonds. The molecule has 0 rings (SSSR count). The van der Waals surface area contributed by atoms with Crippen molar-refractivity contribution in [1.29, 1.82) is 0 Å². The number of carboxylic acids is 2. The smallest absolute Gasteiger partial charge is 0.313 e. The molecular weight excluding hydrogens is 188 g/mol. The van der Waals surface area contributed by atoms with Gasteiger partial charge in [-0.3, -0.25) is 9.59 Å². The summed E-state index contributed by atoms with van der Waals surface area (Å²) in [6, 6.07) is 0. The molecule has 0 bridgehead atoms. The van der Waals surface area contributed by atoms with Crippen LogP contribution in [-0.4, -0.2) is 38.7 Å². The Morgan fingerprint density at radius 1 is 1.00 bits per heavy atom. The van der Waals surface area contributed by atoms with Gasteiger partial charge in [0.2, 0.25) is 0 Å². The monoisotopic (exact) mass is 196 g/mol. The first-order chi connectivity index (χ1) is 5.13. The molecule has 0 radical (unpaired) electrons. The van der Waals surface area contributed by atoms with E-state index < -0.39 is 11.9 Å². The third-order valence-electron chi connectivity index (χ3n) is 0.618. The van der Waals surface area contributed by atoms with Crippen molar-refractivity contribution in [3.8, 4) is 0 Å². The zero-order valence-corrected chi connectivity index (χ0v) is 7.28. The molecule has 0 unspecified atom stereocenters. The van der Waals surface area contributed by atoms with Gasteiger partial charge in [0.15, 0.2) is 0 Å². The van der Waals surface area contributed by atoms with Gasteiger partial charge < -0.3 is 10.2 Å². The van der Waals surface area contributed by atoms with E-state index in [1.54, 1.807) is 0 Å². The first kappa shape index (κ1) is 10.6. The second-order valence-electron chi connectivity index (χ2n) is 1.60. The highest BCUT2D eigenvalue weighted by atomic mass is 32.2. The summed E-state index contributed by atoms with van der Waals surface area (Å²) < 4.78 is 0. The zero-order chi connectivity index (χ0) is 8.69. The maximum Gasteiger partial charge on any atom is 0.313 e. The molecule has 0 aromatic heterocycles. The average Bonchev–Trinajstić information content (AvgIpc) is 1.85. The van der Waals surface area contributed by atoms with Crippen LogP contribution in [0.4, 0.5) is 0 Å². The van der Waals surface area contributed by atoms with E-state index in [9.17, 15) is 9.59 Å². The van der Waals surface area contributed by atoms with E-state index in [4.69, 9.17) is 10.2 Å². The molecule has 11 heavy (non-hydrogen) atoms. The number of hydrogen-bond donors (Lipinski definition) is 2. The van der Waals surface area contributed by atoms with Crippen molar-refractivity contribution in [2.24, 2.45) is 0 Å². The number of hydrogen-bond acceptors (Lipinski definition) is 4. The van der Waals surface area contributed by atoms with E-state index in [2.05, 4.69) is 0 Å². The lowest BCUT2D eigenvalue weighted by Gasteiger charge is -1.94. The third kappa shape index (κ3) is 9.64. The van der Waals surface area contributed by atoms with Crippen LogP contribution in [0.15, 0.2) is 0 Å². The maximum absolute atomic E-state index is 9.95. The predicted molar refractivity (Wildman–Crippen MR) is 45.1 cm³/mol. The molecule has 0 saturated heterocycles. The minimum Gasteiger partial charge on any atom is -0.481 e. The highest BCUT2D eigenvalue weighted by Crippen LogP contribution is 2.10. The summed E-state index contributed by atoms with van der Waals surface area (Å²) in [5.74, 6) is -1.67. The van der Waals surface area contributed by atoms with Crippen LogP contribution in [0.5, 0.6) is 0 Å². The van der Waals surface area contributed by atoms with Crippen LogP contribution in [0.1, 0.15) is 0 Å².